The molecule has 0 bridgehead atoms. The van der Waals surface area contributed by atoms with E-state index in [-0.39, 0.29) is 0 Å². The summed E-state index contributed by atoms with van der Waals surface area (Å²) in [6.07, 6.45) is 0. The van der Waals surface area contributed by atoms with Gasteiger partial charge in [0.25, 0.3) is 0 Å². The molecule has 1 aromatic rings. The highest BCUT2D eigenvalue weighted by Gasteiger charge is 2.21. The summed E-state index contributed by atoms with van der Waals surface area (Å²) in [5.41, 5.74) is 0.417. The molecule has 1 aromatic carbocycles. The summed E-state index contributed by atoms with van der Waals surface area (Å²) in [5.74, 6) is -0.856. The van der Waals surface area contributed by atoms with Crippen molar-refractivity contribution in [2.45, 2.75) is 0 Å². The van der Waals surface area contributed by atoms with Crippen molar-refractivity contribution in [2.24, 2.45) is 0 Å². The molecule has 1 rings (SSSR count). The molecule has 0 aliphatic heterocycles. The monoisotopic (exact) mass is 752 g/mol. The number of carboxylic acids is 1. The maximum absolute atomic E-state index is 11.0. The van der Waals surface area contributed by atoms with Crippen LogP contribution in [0.15, 0.2) is 0 Å². The zero-order valence-electron chi connectivity index (χ0n) is 6.25. The number of hydrogen-bond donors (Lipinski definition) is 1. The zero-order valence-corrected chi connectivity index (χ0v) is 17.0. The van der Waals surface area contributed by atoms with E-state index in [0.29, 0.717) is 5.56 Å². The van der Waals surface area contributed by atoms with E-state index >= 15 is 0 Å². The smallest absolute Gasteiger partial charge is 0.337 e. The highest BCUT2D eigenvalue weighted by atomic mass is 127. The molecule has 0 fully saturated rings. The summed E-state index contributed by atoms with van der Waals surface area (Å²) in [6, 6.07) is 0. The lowest BCUT2D eigenvalue weighted by Gasteiger charge is -2.10. The lowest BCUT2D eigenvalue weighted by atomic mass is 10.2. The fraction of sp³-hybridized carbons (Fsp3) is 0. The molecule has 0 radical (unpaired) electrons. The van der Waals surface area contributed by atoms with Crippen molar-refractivity contribution in [3.63, 3.8) is 0 Å². The van der Waals surface area contributed by atoms with Crippen LogP contribution in [0.5, 0.6) is 0 Å². The molecule has 7 heteroatoms. The van der Waals surface area contributed by atoms with Gasteiger partial charge >= 0.3 is 5.97 Å². The Kier molecular flexibility index (Phi) is 5.96. The molecule has 0 unspecified atom stereocenters. The van der Waals surface area contributed by atoms with E-state index in [1.807, 2.05) is 0 Å². The molecular formula is C7HI5O2. The highest BCUT2D eigenvalue weighted by Crippen LogP contribution is 2.33. The van der Waals surface area contributed by atoms with Gasteiger partial charge in [0, 0.05) is 17.9 Å². The minimum atomic E-state index is -0.856. The number of halogens is 5. The Balaban J connectivity index is 3.68. The van der Waals surface area contributed by atoms with E-state index in [1.165, 1.54) is 0 Å². The molecule has 0 aliphatic rings. The van der Waals surface area contributed by atoms with Gasteiger partial charge in [0.15, 0.2) is 0 Å². The van der Waals surface area contributed by atoms with Crippen molar-refractivity contribution in [1.29, 1.82) is 0 Å². The molecule has 0 aromatic heterocycles. The van der Waals surface area contributed by atoms with Gasteiger partial charge in [-0.25, -0.2) is 4.79 Å². The van der Waals surface area contributed by atoms with Gasteiger partial charge in [-0.15, -0.1) is 0 Å². The van der Waals surface area contributed by atoms with Crippen molar-refractivity contribution < 1.29 is 9.90 Å². The quantitative estimate of drug-likeness (QED) is 0.263. The van der Waals surface area contributed by atoms with Crippen LogP contribution >= 0.6 is 113 Å². The number of carbonyl (C=O) groups is 1. The van der Waals surface area contributed by atoms with Crippen LogP contribution in [0.25, 0.3) is 0 Å². The Morgan fingerprint density at radius 1 is 0.786 bits per heavy atom. The Morgan fingerprint density at radius 3 is 1.36 bits per heavy atom. The molecule has 0 atom stereocenters. The fourth-order valence-corrected chi connectivity index (χ4v) is 6.02. The standard InChI is InChI=1S/C7HI5O2/c8-2-1(7(13)14)3(9)5(11)6(12)4(2)10/h(H,13,14). The van der Waals surface area contributed by atoms with Gasteiger partial charge in [-0.2, -0.15) is 0 Å². The first kappa shape index (κ1) is 14.4. The topological polar surface area (TPSA) is 37.3 Å². The van der Waals surface area contributed by atoms with Crippen LogP contribution in [-0.4, -0.2) is 11.1 Å². The zero-order chi connectivity index (χ0) is 11.0. The second kappa shape index (κ2) is 5.79. The van der Waals surface area contributed by atoms with Crippen LogP contribution in [0.2, 0.25) is 0 Å². The second-order valence-corrected chi connectivity index (χ2v) is 7.64. The summed E-state index contributed by atoms with van der Waals surface area (Å²) in [5, 5.41) is 9.07. The molecule has 0 amide bonds. The third-order valence-electron chi connectivity index (χ3n) is 1.42. The summed E-state index contributed by atoms with van der Waals surface area (Å²) in [6.45, 7) is 0. The molecule has 0 saturated carbocycles. The summed E-state index contributed by atoms with van der Waals surface area (Å²) < 4.78 is 4.81. The van der Waals surface area contributed by atoms with Gasteiger partial charge in [-0.3, -0.25) is 0 Å². The minimum Gasteiger partial charge on any atom is -0.478 e. The molecule has 0 heterocycles. The molecular weight excluding hydrogens is 751 g/mol. The molecule has 0 aliphatic carbocycles. The number of carboxylic acid groups (broad SMARTS) is 1. The first-order valence-electron chi connectivity index (χ1n) is 3.12. The lowest BCUT2D eigenvalue weighted by Crippen LogP contribution is -2.08. The fourth-order valence-electron chi connectivity index (χ4n) is 0.793. The predicted molar refractivity (Wildman–Crippen MR) is 97.0 cm³/mol. The molecule has 14 heavy (non-hydrogen) atoms. The lowest BCUT2D eigenvalue weighted by molar-refractivity contribution is 0.0694. The number of hydrogen-bond acceptors (Lipinski definition) is 1. The Labute approximate surface area is 149 Å². The van der Waals surface area contributed by atoms with E-state index in [0.717, 1.165) is 17.9 Å². The van der Waals surface area contributed by atoms with Crippen LogP contribution in [-0.2, 0) is 0 Å². The Bertz CT molecular complexity index is 386. The maximum atomic E-state index is 11.0. The third kappa shape index (κ3) is 2.77. The van der Waals surface area contributed by atoms with Crippen LogP contribution in [0.3, 0.4) is 0 Å². The van der Waals surface area contributed by atoms with Crippen molar-refractivity contribution in [3.05, 3.63) is 23.4 Å². The Hall–Kier alpha value is 2.34. The van der Waals surface area contributed by atoms with Crippen LogP contribution in [0, 0.1) is 17.9 Å². The number of benzene rings is 1. The van der Waals surface area contributed by atoms with Gasteiger partial charge in [-0.1, -0.05) is 0 Å². The summed E-state index contributed by atoms with van der Waals surface area (Å²) >= 11 is 10.8. The van der Waals surface area contributed by atoms with Gasteiger partial charge in [-0.05, 0) is 113 Å². The SMILES string of the molecule is O=C(O)c1c(I)c(I)c(I)c(I)c1I. The van der Waals surface area contributed by atoms with Crippen molar-refractivity contribution in [3.8, 4) is 0 Å². The van der Waals surface area contributed by atoms with Gasteiger partial charge in [0.2, 0.25) is 0 Å². The van der Waals surface area contributed by atoms with E-state index < -0.39 is 5.97 Å². The van der Waals surface area contributed by atoms with Crippen LogP contribution in [0.4, 0.5) is 0 Å². The first-order chi connectivity index (χ1) is 6.37. The average molecular weight is 752 g/mol. The third-order valence-corrected chi connectivity index (χ3v) is 10.9. The van der Waals surface area contributed by atoms with Crippen LogP contribution < -0.4 is 0 Å². The van der Waals surface area contributed by atoms with E-state index in [1.54, 1.807) is 0 Å². The normalized spacial score (nSPS) is 10.4. The minimum absolute atomic E-state index is 0.417. The van der Waals surface area contributed by atoms with Crippen LogP contribution in [0.1, 0.15) is 10.4 Å². The van der Waals surface area contributed by atoms with Crippen molar-refractivity contribution >= 4 is 119 Å². The van der Waals surface area contributed by atoms with Gasteiger partial charge < -0.3 is 5.11 Å². The largest absolute Gasteiger partial charge is 0.478 e. The van der Waals surface area contributed by atoms with Gasteiger partial charge in [0.05, 0.1) is 5.56 Å². The average Bonchev–Trinajstić information content (AvgIpc) is 2.11. The molecule has 2 nitrogen and oxygen atoms in total. The summed E-state index contributed by atoms with van der Waals surface area (Å²) in [7, 11) is 0. The number of aromatic carboxylic acids is 1. The predicted octanol–water partition coefficient (Wildman–Crippen LogP) is 4.41. The Morgan fingerprint density at radius 2 is 1.07 bits per heavy atom. The second-order valence-electron chi connectivity index (χ2n) is 2.25. The maximum Gasteiger partial charge on any atom is 0.337 e. The molecule has 0 saturated heterocycles. The van der Waals surface area contributed by atoms with Crippen molar-refractivity contribution in [1.82, 2.24) is 0 Å². The van der Waals surface area contributed by atoms with E-state index in [9.17, 15) is 4.79 Å². The van der Waals surface area contributed by atoms with Gasteiger partial charge in [0.1, 0.15) is 0 Å². The van der Waals surface area contributed by atoms with Crippen molar-refractivity contribution in [2.75, 3.05) is 0 Å². The molecule has 1 N–H and O–H groups in total. The number of rotatable bonds is 1. The molecule has 0 spiro atoms. The first-order valence-corrected chi connectivity index (χ1v) is 8.52. The molecule has 76 valence electrons. The summed E-state index contributed by atoms with van der Waals surface area (Å²) in [4.78, 5) is 11.0. The van der Waals surface area contributed by atoms with E-state index in [4.69, 9.17) is 5.11 Å². The van der Waals surface area contributed by atoms with E-state index in [2.05, 4.69) is 113 Å². The highest BCUT2D eigenvalue weighted by molar-refractivity contribution is 14.1.